The van der Waals surface area contributed by atoms with Gasteiger partial charge < -0.3 is 10.6 Å². The Morgan fingerprint density at radius 1 is 1.50 bits per heavy atom. The van der Waals surface area contributed by atoms with Crippen LogP contribution < -0.4 is 5.73 Å². The van der Waals surface area contributed by atoms with Crippen LogP contribution in [0.1, 0.15) is 23.9 Å². The summed E-state index contributed by atoms with van der Waals surface area (Å²) < 4.78 is 1.30. The molecule has 0 bridgehead atoms. The van der Waals surface area contributed by atoms with Gasteiger partial charge in [-0.15, -0.1) is 0 Å². The Morgan fingerprint density at radius 2 is 2.35 bits per heavy atom. The molecule has 3 N–H and O–H groups in total. The molecule has 0 atom stereocenters. The standard InChI is InChI=1S/C11H16N8O/c1-2-8-7-5-18(4-3-9(7)14-13-8)10(20)6-19-11(12)15-16-17-19/h2-6H2,1H3,(H,13,14)(H2,12,15,17). The zero-order valence-electron chi connectivity index (χ0n) is 11.2. The molecule has 3 heterocycles. The molecule has 1 amide bonds. The molecular weight excluding hydrogens is 260 g/mol. The first-order chi connectivity index (χ1) is 9.69. The van der Waals surface area contributed by atoms with Crippen LogP contribution in [0.15, 0.2) is 0 Å². The maximum Gasteiger partial charge on any atom is 0.244 e. The number of nitrogens with one attached hydrogen (secondary N) is 1. The lowest BCUT2D eigenvalue weighted by Crippen LogP contribution is -2.38. The van der Waals surface area contributed by atoms with Crippen LogP contribution in [0.2, 0.25) is 0 Å². The maximum absolute atomic E-state index is 12.3. The number of carbonyl (C=O) groups excluding carboxylic acids is 1. The van der Waals surface area contributed by atoms with Gasteiger partial charge in [-0.2, -0.15) is 5.10 Å². The van der Waals surface area contributed by atoms with E-state index >= 15 is 0 Å². The second-order valence-corrected chi connectivity index (χ2v) is 4.74. The number of aromatic amines is 1. The van der Waals surface area contributed by atoms with Gasteiger partial charge in [0.05, 0.1) is 5.69 Å². The summed E-state index contributed by atoms with van der Waals surface area (Å²) in [4.78, 5) is 14.1. The highest BCUT2D eigenvalue weighted by Gasteiger charge is 2.25. The molecule has 9 nitrogen and oxygen atoms in total. The summed E-state index contributed by atoms with van der Waals surface area (Å²) in [5.74, 6) is 0.103. The molecule has 3 rings (SSSR count). The number of aryl methyl sites for hydroxylation is 1. The van der Waals surface area contributed by atoms with Gasteiger partial charge in [0, 0.05) is 30.8 Å². The van der Waals surface area contributed by atoms with Crippen molar-refractivity contribution in [2.24, 2.45) is 0 Å². The molecule has 0 fully saturated rings. The van der Waals surface area contributed by atoms with E-state index in [2.05, 4.69) is 32.6 Å². The smallest absolute Gasteiger partial charge is 0.244 e. The van der Waals surface area contributed by atoms with Crippen LogP contribution in [0.3, 0.4) is 0 Å². The summed E-state index contributed by atoms with van der Waals surface area (Å²) >= 11 is 0. The molecule has 0 aromatic carbocycles. The van der Waals surface area contributed by atoms with Crippen LogP contribution in [0.25, 0.3) is 0 Å². The largest absolute Gasteiger partial charge is 0.367 e. The number of anilines is 1. The summed E-state index contributed by atoms with van der Waals surface area (Å²) in [5, 5.41) is 18.0. The summed E-state index contributed by atoms with van der Waals surface area (Å²) in [6.45, 7) is 3.36. The van der Waals surface area contributed by atoms with E-state index in [1.54, 1.807) is 4.90 Å². The second kappa shape index (κ2) is 4.91. The molecule has 1 aliphatic heterocycles. The number of hydrogen-bond acceptors (Lipinski definition) is 6. The monoisotopic (exact) mass is 276 g/mol. The van der Waals surface area contributed by atoms with Gasteiger partial charge in [-0.1, -0.05) is 12.0 Å². The number of aromatic nitrogens is 6. The summed E-state index contributed by atoms with van der Waals surface area (Å²) in [7, 11) is 0. The molecule has 2 aromatic rings. The van der Waals surface area contributed by atoms with Crippen molar-refractivity contribution >= 4 is 11.9 Å². The molecule has 20 heavy (non-hydrogen) atoms. The number of fused-ring (bicyclic) bond motifs is 1. The number of tetrazole rings is 1. The molecule has 1 aliphatic rings. The van der Waals surface area contributed by atoms with Crippen molar-refractivity contribution in [2.45, 2.75) is 32.9 Å². The fourth-order valence-corrected chi connectivity index (χ4v) is 2.41. The van der Waals surface area contributed by atoms with Gasteiger partial charge >= 0.3 is 0 Å². The minimum atomic E-state index is -0.0436. The van der Waals surface area contributed by atoms with E-state index < -0.39 is 0 Å². The Kier molecular flexibility index (Phi) is 3.09. The first kappa shape index (κ1) is 12.6. The first-order valence-electron chi connectivity index (χ1n) is 6.53. The quantitative estimate of drug-likeness (QED) is 0.752. The molecule has 0 aliphatic carbocycles. The maximum atomic E-state index is 12.3. The van der Waals surface area contributed by atoms with E-state index in [9.17, 15) is 4.79 Å². The number of nitrogens with zero attached hydrogens (tertiary/aromatic N) is 6. The normalized spacial score (nSPS) is 14.3. The Hall–Kier alpha value is -2.45. The molecule has 2 aromatic heterocycles. The van der Waals surface area contributed by atoms with Gasteiger partial charge in [0.1, 0.15) is 6.54 Å². The van der Waals surface area contributed by atoms with Gasteiger partial charge in [-0.3, -0.25) is 9.89 Å². The van der Waals surface area contributed by atoms with Gasteiger partial charge in [-0.05, 0) is 16.8 Å². The van der Waals surface area contributed by atoms with Crippen molar-refractivity contribution in [3.8, 4) is 0 Å². The highest BCUT2D eigenvalue weighted by atomic mass is 16.2. The van der Waals surface area contributed by atoms with Gasteiger partial charge in [0.25, 0.3) is 0 Å². The molecule has 0 spiro atoms. The first-order valence-corrected chi connectivity index (χ1v) is 6.53. The Morgan fingerprint density at radius 3 is 3.05 bits per heavy atom. The average Bonchev–Trinajstić information content (AvgIpc) is 3.04. The van der Waals surface area contributed by atoms with Crippen molar-refractivity contribution in [1.82, 2.24) is 35.3 Å². The molecule has 0 saturated carbocycles. The van der Waals surface area contributed by atoms with E-state index in [1.165, 1.54) is 4.68 Å². The molecule has 9 heteroatoms. The van der Waals surface area contributed by atoms with Crippen molar-refractivity contribution in [3.63, 3.8) is 0 Å². The number of amides is 1. The highest BCUT2D eigenvalue weighted by molar-refractivity contribution is 5.76. The average molecular weight is 276 g/mol. The van der Waals surface area contributed by atoms with E-state index in [0.29, 0.717) is 13.1 Å². The van der Waals surface area contributed by atoms with E-state index in [-0.39, 0.29) is 18.4 Å². The number of hydrogen-bond donors (Lipinski definition) is 2. The highest BCUT2D eigenvalue weighted by Crippen LogP contribution is 2.20. The third-order valence-corrected chi connectivity index (χ3v) is 3.55. The van der Waals surface area contributed by atoms with Crippen LogP contribution in [0, 0.1) is 0 Å². The lowest BCUT2D eigenvalue weighted by molar-refractivity contribution is -0.133. The third kappa shape index (κ3) is 2.10. The molecular formula is C11H16N8O. The summed E-state index contributed by atoms with van der Waals surface area (Å²) in [5.41, 5.74) is 8.86. The molecule has 0 unspecified atom stereocenters. The fourth-order valence-electron chi connectivity index (χ4n) is 2.41. The topological polar surface area (TPSA) is 119 Å². The zero-order valence-corrected chi connectivity index (χ0v) is 11.2. The van der Waals surface area contributed by atoms with Crippen molar-refractivity contribution in [2.75, 3.05) is 12.3 Å². The Balaban J connectivity index is 1.73. The Bertz CT molecular complexity index is 617. The van der Waals surface area contributed by atoms with Crippen LogP contribution >= 0.6 is 0 Å². The van der Waals surface area contributed by atoms with Gasteiger partial charge in [0.2, 0.25) is 11.9 Å². The molecule has 106 valence electrons. The number of H-pyrrole nitrogens is 1. The zero-order chi connectivity index (χ0) is 14.1. The number of carbonyl (C=O) groups is 1. The van der Waals surface area contributed by atoms with Crippen LogP contribution in [0.5, 0.6) is 0 Å². The number of nitrogens with two attached hydrogens (primary N) is 1. The SMILES string of the molecule is CCc1n[nH]c2c1CN(C(=O)Cn1nnnc1N)CC2. The minimum Gasteiger partial charge on any atom is -0.367 e. The summed E-state index contributed by atoms with van der Waals surface area (Å²) in [6, 6.07) is 0. The molecule has 0 saturated heterocycles. The minimum absolute atomic E-state index is 0.0436. The van der Waals surface area contributed by atoms with Crippen molar-refractivity contribution in [3.05, 3.63) is 17.0 Å². The van der Waals surface area contributed by atoms with Gasteiger partial charge in [-0.25, -0.2) is 4.68 Å². The second-order valence-electron chi connectivity index (χ2n) is 4.74. The molecule has 0 radical (unpaired) electrons. The van der Waals surface area contributed by atoms with Crippen LogP contribution in [0.4, 0.5) is 5.95 Å². The van der Waals surface area contributed by atoms with Gasteiger partial charge in [0.15, 0.2) is 0 Å². The van der Waals surface area contributed by atoms with E-state index in [4.69, 9.17) is 5.73 Å². The van der Waals surface area contributed by atoms with E-state index in [1.807, 2.05) is 0 Å². The lowest BCUT2D eigenvalue weighted by atomic mass is 10.0. The predicted octanol–water partition coefficient (Wildman–Crippen LogP) is -0.874. The fraction of sp³-hybridized carbons (Fsp3) is 0.545. The van der Waals surface area contributed by atoms with Crippen LogP contribution in [-0.2, 0) is 30.7 Å². The number of nitrogen functional groups attached to an aromatic ring is 1. The summed E-state index contributed by atoms with van der Waals surface area (Å²) in [6.07, 6.45) is 1.65. The van der Waals surface area contributed by atoms with Crippen molar-refractivity contribution < 1.29 is 4.79 Å². The van der Waals surface area contributed by atoms with E-state index in [0.717, 1.165) is 29.8 Å². The number of rotatable bonds is 3. The van der Waals surface area contributed by atoms with Crippen LogP contribution in [-0.4, -0.2) is 47.8 Å². The predicted molar refractivity (Wildman–Crippen MR) is 69.3 cm³/mol. The Labute approximate surface area is 115 Å². The third-order valence-electron chi connectivity index (χ3n) is 3.55. The lowest BCUT2D eigenvalue weighted by Gasteiger charge is -2.27. The van der Waals surface area contributed by atoms with Crippen molar-refractivity contribution in [1.29, 1.82) is 0 Å².